The van der Waals surface area contributed by atoms with Gasteiger partial charge in [0.1, 0.15) is 0 Å². The van der Waals surface area contributed by atoms with Crippen molar-refractivity contribution in [1.82, 2.24) is 5.32 Å². The van der Waals surface area contributed by atoms with Crippen LogP contribution < -0.4 is 5.32 Å². The Balaban J connectivity index is 2.28. The first-order valence-corrected chi connectivity index (χ1v) is 7.51. The number of hydrogen-bond acceptors (Lipinski definition) is 1. The second kappa shape index (κ2) is 7.92. The molecule has 1 nitrogen and oxygen atoms in total. The molecule has 0 bridgehead atoms. The average Bonchev–Trinajstić information content (AvgIpc) is 2.34. The van der Waals surface area contributed by atoms with Crippen molar-refractivity contribution >= 4 is 0 Å². The fourth-order valence-electron chi connectivity index (χ4n) is 3.36. The van der Waals surface area contributed by atoms with E-state index in [0.717, 1.165) is 6.04 Å². The molecule has 1 aliphatic carbocycles. The Kier molecular flexibility index (Phi) is 6.87. The molecule has 0 heterocycles. The van der Waals surface area contributed by atoms with Gasteiger partial charge in [-0.2, -0.15) is 0 Å². The Hall–Kier alpha value is -0.300. The summed E-state index contributed by atoms with van der Waals surface area (Å²) in [5.41, 5.74) is 0.561. The fraction of sp³-hybridized carbons (Fsp3) is 0.875. The van der Waals surface area contributed by atoms with Crippen molar-refractivity contribution in [1.29, 1.82) is 0 Å². The van der Waals surface area contributed by atoms with E-state index in [1.807, 2.05) is 6.08 Å². The summed E-state index contributed by atoms with van der Waals surface area (Å²) in [4.78, 5) is 0. The summed E-state index contributed by atoms with van der Waals surface area (Å²) in [6.45, 7) is 6.28. The van der Waals surface area contributed by atoms with Crippen LogP contribution in [0, 0.1) is 5.41 Å². The molecule has 1 atom stereocenters. The van der Waals surface area contributed by atoms with E-state index in [9.17, 15) is 0 Å². The van der Waals surface area contributed by atoms with Gasteiger partial charge in [-0.15, -0.1) is 6.58 Å². The maximum atomic E-state index is 3.78. The molecule has 0 radical (unpaired) electrons. The maximum absolute atomic E-state index is 3.78. The molecule has 17 heavy (non-hydrogen) atoms. The molecular formula is C16H31N. The summed E-state index contributed by atoms with van der Waals surface area (Å²) in [6, 6.07) is 0.728. The fourth-order valence-corrected chi connectivity index (χ4v) is 3.36. The van der Waals surface area contributed by atoms with E-state index in [1.54, 1.807) is 0 Å². The summed E-state index contributed by atoms with van der Waals surface area (Å²) in [6.07, 6.45) is 15.8. The lowest BCUT2D eigenvalue weighted by Gasteiger charge is -2.41. The van der Waals surface area contributed by atoms with Crippen LogP contribution >= 0.6 is 0 Å². The molecule has 0 aromatic carbocycles. The predicted octanol–water partition coefficient (Wildman–Crippen LogP) is 4.68. The number of rotatable bonds is 8. The lowest BCUT2D eigenvalue weighted by Crippen LogP contribution is -2.43. The highest BCUT2D eigenvalue weighted by Crippen LogP contribution is 2.40. The number of hydrogen-bond donors (Lipinski definition) is 1. The van der Waals surface area contributed by atoms with Gasteiger partial charge >= 0.3 is 0 Å². The van der Waals surface area contributed by atoms with Crippen LogP contribution in [0.3, 0.4) is 0 Å². The van der Waals surface area contributed by atoms with Crippen LogP contribution in [-0.2, 0) is 0 Å². The Bertz CT molecular complexity index is 204. The smallest absolute Gasteiger partial charge is 0.0118 e. The van der Waals surface area contributed by atoms with Gasteiger partial charge < -0.3 is 5.32 Å². The van der Waals surface area contributed by atoms with Gasteiger partial charge in [-0.05, 0) is 44.6 Å². The molecule has 0 spiro atoms. The van der Waals surface area contributed by atoms with E-state index in [1.165, 1.54) is 64.2 Å². The van der Waals surface area contributed by atoms with Crippen LogP contribution in [0.2, 0.25) is 0 Å². The van der Waals surface area contributed by atoms with Crippen LogP contribution in [-0.4, -0.2) is 13.1 Å². The zero-order chi connectivity index (χ0) is 12.6. The summed E-state index contributed by atoms with van der Waals surface area (Å²) in [5.74, 6) is 0. The standard InChI is InChI=1S/C16H31N/c1-4-5-6-7-9-12-15(17-3)16(2)13-10-8-11-14-16/h4,15,17H,1,5-14H2,2-3H3. The summed E-state index contributed by atoms with van der Waals surface area (Å²) >= 11 is 0. The van der Waals surface area contributed by atoms with Gasteiger partial charge in [-0.3, -0.25) is 0 Å². The quantitative estimate of drug-likeness (QED) is 0.477. The van der Waals surface area contributed by atoms with Crippen molar-refractivity contribution in [3.05, 3.63) is 12.7 Å². The summed E-state index contributed by atoms with van der Waals surface area (Å²) < 4.78 is 0. The second-order valence-corrected chi connectivity index (χ2v) is 5.98. The van der Waals surface area contributed by atoms with Gasteiger partial charge in [-0.25, -0.2) is 0 Å². The molecule has 1 saturated carbocycles. The lowest BCUT2D eigenvalue weighted by molar-refractivity contribution is 0.141. The Morgan fingerprint density at radius 3 is 2.47 bits per heavy atom. The molecule has 1 N–H and O–H groups in total. The lowest BCUT2D eigenvalue weighted by atomic mass is 9.69. The minimum atomic E-state index is 0.561. The molecule has 1 heteroatoms. The molecule has 0 amide bonds. The highest BCUT2D eigenvalue weighted by Gasteiger charge is 2.33. The van der Waals surface area contributed by atoms with Crippen molar-refractivity contribution in [2.75, 3.05) is 7.05 Å². The van der Waals surface area contributed by atoms with E-state index >= 15 is 0 Å². The van der Waals surface area contributed by atoms with Crippen molar-refractivity contribution in [3.63, 3.8) is 0 Å². The third-order valence-electron chi connectivity index (χ3n) is 4.59. The molecule has 0 saturated heterocycles. The largest absolute Gasteiger partial charge is 0.316 e. The van der Waals surface area contributed by atoms with E-state index in [2.05, 4.69) is 25.9 Å². The summed E-state index contributed by atoms with van der Waals surface area (Å²) in [5, 5.41) is 3.58. The van der Waals surface area contributed by atoms with E-state index < -0.39 is 0 Å². The topological polar surface area (TPSA) is 12.0 Å². The SMILES string of the molecule is C=CCCCCCC(NC)C1(C)CCCCC1. The third-order valence-corrected chi connectivity index (χ3v) is 4.59. The molecular weight excluding hydrogens is 206 g/mol. The molecule has 0 aromatic heterocycles. The average molecular weight is 237 g/mol. The van der Waals surface area contributed by atoms with Gasteiger partial charge in [0.2, 0.25) is 0 Å². The van der Waals surface area contributed by atoms with E-state index in [4.69, 9.17) is 0 Å². The van der Waals surface area contributed by atoms with Gasteiger partial charge in [-0.1, -0.05) is 45.1 Å². The predicted molar refractivity (Wildman–Crippen MR) is 77.3 cm³/mol. The van der Waals surface area contributed by atoms with Crippen molar-refractivity contribution in [2.24, 2.45) is 5.41 Å². The molecule has 1 unspecified atom stereocenters. The number of allylic oxidation sites excluding steroid dienone is 1. The normalized spacial score (nSPS) is 21.1. The molecule has 1 rings (SSSR count). The summed E-state index contributed by atoms with van der Waals surface area (Å²) in [7, 11) is 2.15. The van der Waals surface area contributed by atoms with Crippen LogP contribution in [0.1, 0.15) is 71.1 Å². The molecule has 0 aliphatic heterocycles. The zero-order valence-corrected chi connectivity index (χ0v) is 11.9. The highest BCUT2D eigenvalue weighted by atomic mass is 14.9. The van der Waals surface area contributed by atoms with Gasteiger partial charge in [0.25, 0.3) is 0 Å². The molecule has 1 aliphatic rings. The highest BCUT2D eigenvalue weighted by molar-refractivity contribution is 4.89. The van der Waals surface area contributed by atoms with Gasteiger partial charge in [0, 0.05) is 6.04 Å². The first-order chi connectivity index (χ1) is 8.23. The molecule has 0 aromatic rings. The zero-order valence-electron chi connectivity index (χ0n) is 11.9. The minimum Gasteiger partial charge on any atom is -0.316 e. The first kappa shape index (κ1) is 14.8. The third kappa shape index (κ3) is 4.83. The second-order valence-electron chi connectivity index (χ2n) is 5.98. The monoisotopic (exact) mass is 237 g/mol. The number of nitrogens with one attached hydrogen (secondary N) is 1. The van der Waals surface area contributed by atoms with Crippen molar-refractivity contribution in [2.45, 2.75) is 77.2 Å². The Labute approximate surface area is 108 Å². The van der Waals surface area contributed by atoms with E-state index in [0.29, 0.717) is 5.41 Å². The minimum absolute atomic E-state index is 0.561. The molecule has 100 valence electrons. The maximum Gasteiger partial charge on any atom is 0.0118 e. The van der Waals surface area contributed by atoms with Gasteiger partial charge in [0.15, 0.2) is 0 Å². The van der Waals surface area contributed by atoms with Crippen molar-refractivity contribution < 1.29 is 0 Å². The van der Waals surface area contributed by atoms with Crippen LogP contribution in [0.4, 0.5) is 0 Å². The number of unbranched alkanes of at least 4 members (excludes halogenated alkanes) is 3. The van der Waals surface area contributed by atoms with Crippen LogP contribution in [0.5, 0.6) is 0 Å². The van der Waals surface area contributed by atoms with E-state index in [-0.39, 0.29) is 0 Å². The van der Waals surface area contributed by atoms with Crippen LogP contribution in [0.25, 0.3) is 0 Å². The van der Waals surface area contributed by atoms with Crippen LogP contribution in [0.15, 0.2) is 12.7 Å². The van der Waals surface area contributed by atoms with Gasteiger partial charge in [0.05, 0.1) is 0 Å². The molecule has 1 fully saturated rings. The van der Waals surface area contributed by atoms with Crippen molar-refractivity contribution in [3.8, 4) is 0 Å². The first-order valence-electron chi connectivity index (χ1n) is 7.51. The Morgan fingerprint density at radius 1 is 1.18 bits per heavy atom. The Morgan fingerprint density at radius 2 is 1.88 bits per heavy atom.